The first-order valence-corrected chi connectivity index (χ1v) is 5.61. The molecule has 2 N–H and O–H groups in total. The summed E-state index contributed by atoms with van der Waals surface area (Å²) in [6.45, 7) is 0.545. The van der Waals surface area contributed by atoms with E-state index in [1.54, 1.807) is 12.5 Å². The van der Waals surface area contributed by atoms with Crippen molar-refractivity contribution < 1.29 is 14.0 Å². The number of amides is 1. The number of hydrogen-bond acceptors (Lipinski definition) is 3. The molecule has 1 heterocycles. The lowest BCUT2D eigenvalue weighted by atomic mass is 10.2. The molecule has 0 bridgehead atoms. The number of carbonyl (C=O) groups is 2. The molecule has 1 aromatic rings. The van der Waals surface area contributed by atoms with Crippen molar-refractivity contribution in [3.05, 3.63) is 18.2 Å². The minimum Gasteiger partial charge on any atom is -0.356 e. The van der Waals surface area contributed by atoms with Crippen molar-refractivity contribution in [3.8, 4) is 0 Å². The lowest BCUT2D eigenvalue weighted by Gasteiger charge is -2.03. The fourth-order valence-corrected chi connectivity index (χ4v) is 1.40. The molecule has 0 radical (unpaired) electrons. The van der Waals surface area contributed by atoms with Gasteiger partial charge in [0.15, 0.2) is 0 Å². The van der Waals surface area contributed by atoms with E-state index in [9.17, 15) is 14.0 Å². The van der Waals surface area contributed by atoms with Gasteiger partial charge in [0.2, 0.25) is 5.91 Å². The standard InChI is InChI=1S/C11H16FN3O2/c12-10(16)3-1-2-4-11(17)14-6-5-9-7-13-8-15-9/h7-8H,1-6H2,(H,13,15)(H,14,17). The SMILES string of the molecule is O=C(F)CCCCC(=O)NCCc1cnc[nH]1. The Balaban J connectivity index is 1.99. The molecule has 0 atom stereocenters. The van der Waals surface area contributed by atoms with Crippen LogP contribution in [0.4, 0.5) is 4.39 Å². The Hall–Kier alpha value is -1.72. The second kappa shape index (κ2) is 7.54. The molecule has 0 aliphatic carbocycles. The van der Waals surface area contributed by atoms with E-state index in [0.29, 0.717) is 32.2 Å². The first-order chi connectivity index (χ1) is 8.18. The zero-order chi connectivity index (χ0) is 12.5. The van der Waals surface area contributed by atoms with Gasteiger partial charge in [0.05, 0.1) is 6.33 Å². The average Bonchev–Trinajstić information content (AvgIpc) is 2.77. The Bertz CT molecular complexity index is 352. The van der Waals surface area contributed by atoms with Crippen LogP contribution >= 0.6 is 0 Å². The van der Waals surface area contributed by atoms with Gasteiger partial charge in [-0.25, -0.2) is 4.98 Å². The Morgan fingerprint density at radius 2 is 2.12 bits per heavy atom. The van der Waals surface area contributed by atoms with Crippen molar-refractivity contribution in [2.24, 2.45) is 0 Å². The first-order valence-electron chi connectivity index (χ1n) is 5.61. The van der Waals surface area contributed by atoms with Crippen LogP contribution in [0.1, 0.15) is 31.4 Å². The molecule has 0 aromatic carbocycles. The van der Waals surface area contributed by atoms with Crippen molar-refractivity contribution >= 4 is 11.9 Å². The van der Waals surface area contributed by atoms with Crippen LogP contribution in [0.5, 0.6) is 0 Å². The predicted molar refractivity (Wildman–Crippen MR) is 59.9 cm³/mol. The molecule has 17 heavy (non-hydrogen) atoms. The molecule has 6 heteroatoms. The monoisotopic (exact) mass is 241 g/mol. The molecule has 0 saturated heterocycles. The summed E-state index contributed by atoms with van der Waals surface area (Å²) in [6.07, 6.45) is 5.19. The summed E-state index contributed by atoms with van der Waals surface area (Å²) in [7, 11) is 0. The van der Waals surface area contributed by atoms with E-state index in [2.05, 4.69) is 15.3 Å². The minimum atomic E-state index is -1.32. The van der Waals surface area contributed by atoms with Crippen molar-refractivity contribution in [1.29, 1.82) is 0 Å². The number of aromatic amines is 1. The van der Waals surface area contributed by atoms with Gasteiger partial charge in [0.25, 0.3) is 0 Å². The molecule has 5 nitrogen and oxygen atoms in total. The maximum absolute atomic E-state index is 11.8. The van der Waals surface area contributed by atoms with Crippen molar-refractivity contribution in [2.75, 3.05) is 6.54 Å². The fourth-order valence-electron chi connectivity index (χ4n) is 1.40. The summed E-state index contributed by atoms with van der Waals surface area (Å²) < 4.78 is 11.8. The van der Waals surface area contributed by atoms with Crippen molar-refractivity contribution in [1.82, 2.24) is 15.3 Å². The maximum atomic E-state index is 11.8. The lowest BCUT2D eigenvalue weighted by molar-refractivity contribution is -0.129. The fraction of sp³-hybridized carbons (Fsp3) is 0.545. The molecule has 0 unspecified atom stereocenters. The number of imidazole rings is 1. The normalized spacial score (nSPS) is 10.2. The lowest BCUT2D eigenvalue weighted by Crippen LogP contribution is -2.25. The number of nitrogens with zero attached hydrogens (tertiary/aromatic N) is 1. The predicted octanol–water partition coefficient (Wildman–Crippen LogP) is 1.12. The molecule has 0 aliphatic rings. The number of halogens is 1. The largest absolute Gasteiger partial charge is 0.356 e. The third-order valence-electron chi connectivity index (χ3n) is 2.30. The van der Waals surface area contributed by atoms with Gasteiger partial charge in [-0.2, -0.15) is 4.39 Å². The quantitative estimate of drug-likeness (QED) is 0.529. The molecule has 1 aromatic heterocycles. The number of hydrogen-bond donors (Lipinski definition) is 2. The van der Waals surface area contributed by atoms with E-state index in [1.165, 1.54) is 0 Å². The maximum Gasteiger partial charge on any atom is 0.301 e. The number of unbranched alkanes of at least 4 members (excludes halogenated alkanes) is 1. The van der Waals surface area contributed by atoms with E-state index in [0.717, 1.165) is 5.69 Å². The third-order valence-corrected chi connectivity index (χ3v) is 2.30. The van der Waals surface area contributed by atoms with E-state index in [-0.39, 0.29) is 12.3 Å². The van der Waals surface area contributed by atoms with Gasteiger partial charge < -0.3 is 10.3 Å². The summed E-state index contributed by atoms with van der Waals surface area (Å²) >= 11 is 0. The van der Waals surface area contributed by atoms with Gasteiger partial charge >= 0.3 is 6.04 Å². The zero-order valence-electron chi connectivity index (χ0n) is 9.54. The Morgan fingerprint density at radius 1 is 1.35 bits per heavy atom. The van der Waals surface area contributed by atoms with Crippen LogP contribution in [-0.2, 0) is 16.0 Å². The smallest absolute Gasteiger partial charge is 0.301 e. The molecule has 1 amide bonds. The van der Waals surface area contributed by atoms with E-state index in [4.69, 9.17) is 0 Å². The second-order valence-corrected chi connectivity index (χ2v) is 3.74. The van der Waals surface area contributed by atoms with Crippen LogP contribution in [0, 0.1) is 0 Å². The molecular weight excluding hydrogens is 225 g/mol. The highest BCUT2D eigenvalue weighted by molar-refractivity contribution is 5.75. The Morgan fingerprint density at radius 3 is 2.76 bits per heavy atom. The Labute approximate surface area is 98.8 Å². The Kier molecular flexibility index (Phi) is 5.92. The van der Waals surface area contributed by atoms with Crippen molar-refractivity contribution in [3.63, 3.8) is 0 Å². The molecule has 94 valence electrons. The number of carbonyl (C=O) groups excluding carboxylic acids is 2. The molecule has 0 aliphatic heterocycles. The minimum absolute atomic E-state index is 0.0733. The number of aromatic nitrogens is 2. The van der Waals surface area contributed by atoms with E-state index >= 15 is 0 Å². The molecule has 1 rings (SSSR count). The van der Waals surface area contributed by atoms with Crippen molar-refractivity contribution in [2.45, 2.75) is 32.1 Å². The molecular formula is C11H16FN3O2. The zero-order valence-corrected chi connectivity index (χ0v) is 9.54. The summed E-state index contributed by atoms with van der Waals surface area (Å²) in [4.78, 5) is 28.1. The van der Waals surface area contributed by atoms with Gasteiger partial charge in [-0.3, -0.25) is 9.59 Å². The number of rotatable bonds is 8. The van der Waals surface area contributed by atoms with Crippen LogP contribution < -0.4 is 5.32 Å². The van der Waals surface area contributed by atoms with Gasteiger partial charge in [-0.1, -0.05) is 0 Å². The van der Waals surface area contributed by atoms with Gasteiger partial charge in [0, 0.05) is 37.7 Å². The third kappa shape index (κ3) is 6.44. The molecule has 0 fully saturated rings. The molecule has 0 spiro atoms. The van der Waals surface area contributed by atoms with Crippen LogP contribution in [0.2, 0.25) is 0 Å². The van der Waals surface area contributed by atoms with E-state index < -0.39 is 6.04 Å². The van der Waals surface area contributed by atoms with Crippen LogP contribution in [-0.4, -0.2) is 28.5 Å². The van der Waals surface area contributed by atoms with E-state index in [1.807, 2.05) is 0 Å². The molecule has 0 saturated carbocycles. The van der Waals surface area contributed by atoms with Crippen LogP contribution in [0.3, 0.4) is 0 Å². The highest BCUT2D eigenvalue weighted by Gasteiger charge is 2.03. The average molecular weight is 241 g/mol. The summed E-state index contributed by atoms with van der Waals surface area (Å²) in [5, 5.41) is 2.74. The number of nitrogens with one attached hydrogen (secondary N) is 2. The van der Waals surface area contributed by atoms with Gasteiger partial charge in [-0.15, -0.1) is 0 Å². The number of H-pyrrole nitrogens is 1. The second-order valence-electron chi connectivity index (χ2n) is 3.74. The topological polar surface area (TPSA) is 74.8 Å². The van der Waals surface area contributed by atoms with Crippen LogP contribution in [0.25, 0.3) is 0 Å². The summed E-state index contributed by atoms with van der Waals surface area (Å²) in [6, 6.07) is -1.32. The van der Waals surface area contributed by atoms with Crippen LogP contribution in [0.15, 0.2) is 12.5 Å². The van der Waals surface area contributed by atoms with Gasteiger partial charge in [0.1, 0.15) is 0 Å². The highest BCUT2D eigenvalue weighted by atomic mass is 19.1. The summed E-state index contributed by atoms with van der Waals surface area (Å²) in [5.74, 6) is -0.0733. The summed E-state index contributed by atoms with van der Waals surface area (Å²) in [5.41, 5.74) is 0.966. The first kappa shape index (κ1) is 13.3. The van der Waals surface area contributed by atoms with Gasteiger partial charge in [-0.05, 0) is 12.8 Å². The highest BCUT2D eigenvalue weighted by Crippen LogP contribution is 2.01.